The van der Waals surface area contributed by atoms with Crippen molar-refractivity contribution in [1.82, 2.24) is 14.9 Å². The summed E-state index contributed by atoms with van der Waals surface area (Å²) in [5, 5.41) is 3.20. The number of amides is 1. The maximum atomic E-state index is 12.7. The number of fused-ring (bicyclic) bond motifs is 1. The van der Waals surface area contributed by atoms with Gasteiger partial charge in [0, 0.05) is 30.7 Å². The molecule has 2 aromatic carbocycles. The maximum Gasteiger partial charge on any atom is 0.416 e. The van der Waals surface area contributed by atoms with E-state index in [2.05, 4.69) is 15.3 Å². The average molecular weight is 398 g/mol. The Hall–Kier alpha value is -3.42. The lowest BCUT2D eigenvalue weighted by Crippen LogP contribution is -2.36. The Labute approximate surface area is 165 Å². The highest BCUT2D eigenvalue weighted by atomic mass is 19.4. The Balaban J connectivity index is 1.52. The molecule has 0 atom stereocenters. The third kappa shape index (κ3) is 4.06. The Kier molecular flexibility index (Phi) is 4.92. The molecule has 1 amide bonds. The van der Waals surface area contributed by atoms with E-state index in [9.17, 15) is 18.0 Å². The first kappa shape index (κ1) is 18.9. The van der Waals surface area contributed by atoms with Gasteiger partial charge in [-0.1, -0.05) is 12.1 Å². The topological polar surface area (TPSA) is 58.1 Å². The lowest BCUT2D eigenvalue weighted by Gasteiger charge is -2.30. The monoisotopic (exact) mass is 398 g/mol. The van der Waals surface area contributed by atoms with E-state index in [1.54, 1.807) is 11.0 Å². The fraction of sp³-hybridized carbons (Fsp3) is 0.190. The highest BCUT2D eigenvalue weighted by Crippen LogP contribution is 2.32. The summed E-state index contributed by atoms with van der Waals surface area (Å²) in [6, 6.07) is 12.2. The Morgan fingerprint density at radius 2 is 1.86 bits per heavy atom. The highest BCUT2D eigenvalue weighted by molar-refractivity contribution is 5.92. The molecule has 0 aliphatic carbocycles. The number of hydrogen-bond acceptors (Lipinski definition) is 4. The molecule has 8 heteroatoms. The van der Waals surface area contributed by atoms with Crippen LogP contribution in [0.25, 0.3) is 0 Å². The minimum Gasteiger partial charge on any atom is -0.355 e. The van der Waals surface area contributed by atoms with Gasteiger partial charge >= 0.3 is 6.18 Å². The lowest BCUT2D eigenvalue weighted by molar-refractivity contribution is -0.137. The van der Waals surface area contributed by atoms with Gasteiger partial charge in [0.2, 0.25) is 0 Å². The van der Waals surface area contributed by atoms with E-state index in [0.29, 0.717) is 30.9 Å². The molecule has 0 radical (unpaired) electrons. The van der Waals surface area contributed by atoms with Crippen LogP contribution in [0.3, 0.4) is 0 Å². The molecule has 3 aromatic rings. The predicted octanol–water partition coefficient (Wildman–Crippen LogP) is 4.44. The molecular weight excluding hydrogens is 381 g/mol. The summed E-state index contributed by atoms with van der Waals surface area (Å²) in [7, 11) is 0. The molecule has 0 unspecified atom stereocenters. The number of nitrogens with one attached hydrogen (secondary N) is 1. The van der Waals surface area contributed by atoms with Crippen LogP contribution in [0.1, 0.15) is 27.2 Å². The largest absolute Gasteiger partial charge is 0.416 e. The van der Waals surface area contributed by atoms with Crippen LogP contribution in [0.4, 0.5) is 24.5 Å². The summed E-state index contributed by atoms with van der Waals surface area (Å²) in [4.78, 5) is 22.2. The van der Waals surface area contributed by atoms with Crippen LogP contribution in [0.5, 0.6) is 0 Å². The number of nitrogens with zero attached hydrogens (tertiary/aromatic N) is 3. The summed E-state index contributed by atoms with van der Waals surface area (Å²) in [6.45, 7) is 0.974. The Morgan fingerprint density at radius 3 is 2.55 bits per heavy atom. The van der Waals surface area contributed by atoms with E-state index in [4.69, 9.17) is 0 Å². The summed E-state index contributed by atoms with van der Waals surface area (Å²) < 4.78 is 38.2. The number of aromatic nitrogens is 2. The second-order valence-electron chi connectivity index (χ2n) is 6.71. The van der Waals surface area contributed by atoms with Gasteiger partial charge < -0.3 is 10.2 Å². The second-order valence-corrected chi connectivity index (χ2v) is 6.71. The molecule has 29 heavy (non-hydrogen) atoms. The third-order valence-electron chi connectivity index (χ3n) is 4.85. The summed E-state index contributed by atoms with van der Waals surface area (Å²) in [6.07, 6.45) is -0.846. The molecule has 0 spiro atoms. The maximum absolute atomic E-state index is 12.7. The van der Waals surface area contributed by atoms with Crippen molar-refractivity contribution < 1.29 is 18.0 Å². The van der Waals surface area contributed by atoms with Gasteiger partial charge in [-0.15, -0.1) is 0 Å². The van der Waals surface area contributed by atoms with Crippen molar-refractivity contribution in [2.45, 2.75) is 19.1 Å². The van der Waals surface area contributed by atoms with Gasteiger partial charge in [-0.2, -0.15) is 13.2 Å². The van der Waals surface area contributed by atoms with Crippen LogP contribution in [0.15, 0.2) is 61.1 Å². The van der Waals surface area contributed by atoms with Crippen molar-refractivity contribution >= 4 is 17.3 Å². The number of benzene rings is 2. The first-order chi connectivity index (χ1) is 13.9. The molecule has 1 aromatic heterocycles. The molecule has 148 valence electrons. The van der Waals surface area contributed by atoms with Crippen molar-refractivity contribution in [3.05, 3.63) is 83.4 Å². The van der Waals surface area contributed by atoms with Crippen LogP contribution in [0.2, 0.25) is 0 Å². The SMILES string of the molecule is O=C(c1ccncn1)N1CCc2c(cccc2Nc2ccc(C(F)(F)F)cc2)C1. The predicted molar refractivity (Wildman–Crippen MR) is 102 cm³/mol. The molecule has 4 rings (SSSR count). The van der Waals surface area contributed by atoms with Gasteiger partial charge in [0.1, 0.15) is 12.0 Å². The van der Waals surface area contributed by atoms with E-state index in [1.807, 2.05) is 18.2 Å². The standard InChI is InChI=1S/C21H17F3N4O/c22-21(23,24)15-4-6-16(7-5-15)27-18-3-1-2-14-12-28(11-9-17(14)18)20(29)19-8-10-25-13-26-19/h1-8,10,13,27H,9,11-12H2. The van der Waals surface area contributed by atoms with Crippen LogP contribution in [0, 0.1) is 0 Å². The Morgan fingerprint density at radius 1 is 1.07 bits per heavy atom. The van der Waals surface area contributed by atoms with Gasteiger partial charge in [0.15, 0.2) is 0 Å². The van der Waals surface area contributed by atoms with Crippen LogP contribution >= 0.6 is 0 Å². The van der Waals surface area contributed by atoms with Gasteiger partial charge in [-0.3, -0.25) is 4.79 Å². The molecule has 1 aliphatic heterocycles. The van der Waals surface area contributed by atoms with E-state index >= 15 is 0 Å². The number of carbonyl (C=O) groups is 1. The van der Waals surface area contributed by atoms with Crippen molar-refractivity contribution in [1.29, 1.82) is 0 Å². The van der Waals surface area contributed by atoms with Crippen molar-refractivity contribution in [3.8, 4) is 0 Å². The van der Waals surface area contributed by atoms with Gasteiger partial charge in [-0.25, -0.2) is 9.97 Å². The number of rotatable bonds is 3. The summed E-state index contributed by atoms with van der Waals surface area (Å²) in [5.41, 5.74) is 3.12. The van der Waals surface area contributed by atoms with Crippen molar-refractivity contribution in [2.75, 3.05) is 11.9 Å². The molecule has 5 nitrogen and oxygen atoms in total. The zero-order chi connectivity index (χ0) is 20.4. The van der Waals surface area contributed by atoms with E-state index in [0.717, 1.165) is 28.9 Å². The second kappa shape index (κ2) is 7.54. The first-order valence-electron chi connectivity index (χ1n) is 9.02. The quantitative estimate of drug-likeness (QED) is 0.709. The Bertz CT molecular complexity index is 1020. The minimum atomic E-state index is -4.36. The number of hydrogen-bond donors (Lipinski definition) is 1. The third-order valence-corrected chi connectivity index (χ3v) is 4.85. The normalized spacial score (nSPS) is 13.7. The van der Waals surface area contributed by atoms with Crippen LogP contribution in [-0.2, 0) is 19.1 Å². The molecular formula is C21H17F3N4O. The van der Waals surface area contributed by atoms with Crippen molar-refractivity contribution in [2.24, 2.45) is 0 Å². The summed E-state index contributed by atoms with van der Waals surface area (Å²) >= 11 is 0. The van der Waals surface area contributed by atoms with E-state index < -0.39 is 11.7 Å². The molecule has 2 heterocycles. The fourth-order valence-corrected chi connectivity index (χ4v) is 3.38. The lowest BCUT2D eigenvalue weighted by atomic mass is 9.97. The number of alkyl halides is 3. The van der Waals surface area contributed by atoms with E-state index in [1.165, 1.54) is 24.7 Å². The van der Waals surface area contributed by atoms with Crippen molar-refractivity contribution in [3.63, 3.8) is 0 Å². The molecule has 0 bridgehead atoms. The van der Waals surface area contributed by atoms with Crippen LogP contribution in [-0.4, -0.2) is 27.3 Å². The molecule has 1 aliphatic rings. The minimum absolute atomic E-state index is 0.154. The van der Waals surface area contributed by atoms with Gasteiger partial charge in [-0.05, 0) is 53.9 Å². The van der Waals surface area contributed by atoms with Gasteiger partial charge in [0.05, 0.1) is 5.56 Å². The summed E-state index contributed by atoms with van der Waals surface area (Å²) in [5.74, 6) is -0.154. The molecule has 1 N–H and O–H groups in total. The zero-order valence-electron chi connectivity index (χ0n) is 15.3. The van der Waals surface area contributed by atoms with E-state index in [-0.39, 0.29) is 5.91 Å². The smallest absolute Gasteiger partial charge is 0.355 e. The molecule has 0 fully saturated rings. The van der Waals surface area contributed by atoms with Crippen LogP contribution < -0.4 is 5.32 Å². The fourth-order valence-electron chi connectivity index (χ4n) is 3.38. The first-order valence-corrected chi connectivity index (χ1v) is 9.02. The molecule has 0 saturated carbocycles. The highest BCUT2D eigenvalue weighted by Gasteiger charge is 2.30. The zero-order valence-corrected chi connectivity index (χ0v) is 15.3. The number of carbonyl (C=O) groups excluding carboxylic acids is 1. The van der Waals surface area contributed by atoms with Gasteiger partial charge in [0.25, 0.3) is 5.91 Å². The number of anilines is 2. The number of halogens is 3. The average Bonchev–Trinajstić information content (AvgIpc) is 2.73. The molecule has 0 saturated heterocycles.